The molecule has 0 aliphatic heterocycles. The monoisotopic (exact) mass is 625 g/mol. The summed E-state index contributed by atoms with van der Waals surface area (Å²) in [6.07, 6.45) is -1.23. The SMILES string of the molecule is CC(C)(C)OC(=O)C(O/N=C(\C(=O)O)c1csc(NC(c2ccccc2)(c2ccccc2)c2ccccc2)n1)c1cccs1. The van der Waals surface area contributed by atoms with Crippen molar-refractivity contribution in [1.29, 1.82) is 0 Å². The van der Waals surface area contributed by atoms with Crippen molar-refractivity contribution >= 4 is 45.5 Å². The zero-order valence-electron chi connectivity index (χ0n) is 24.3. The van der Waals surface area contributed by atoms with E-state index in [1.807, 2.05) is 91.0 Å². The van der Waals surface area contributed by atoms with Crippen LogP contribution < -0.4 is 5.32 Å². The summed E-state index contributed by atoms with van der Waals surface area (Å²) in [5, 5.41) is 21.5. The van der Waals surface area contributed by atoms with E-state index in [1.165, 1.54) is 22.7 Å². The summed E-state index contributed by atoms with van der Waals surface area (Å²) in [7, 11) is 0. The van der Waals surface area contributed by atoms with Gasteiger partial charge in [0.1, 0.15) is 16.8 Å². The fourth-order valence-corrected chi connectivity index (χ4v) is 6.17. The second-order valence-electron chi connectivity index (χ2n) is 10.8. The largest absolute Gasteiger partial charge is 0.476 e. The van der Waals surface area contributed by atoms with Crippen molar-refractivity contribution in [2.45, 2.75) is 38.0 Å². The first-order valence-corrected chi connectivity index (χ1v) is 15.6. The molecule has 0 bridgehead atoms. The summed E-state index contributed by atoms with van der Waals surface area (Å²) in [6, 6.07) is 33.5. The van der Waals surface area contributed by atoms with Gasteiger partial charge < -0.3 is 20.0 Å². The average Bonchev–Trinajstić information content (AvgIpc) is 3.71. The van der Waals surface area contributed by atoms with Gasteiger partial charge in [0, 0.05) is 5.38 Å². The lowest BCUT2D eigenvalue weighted by Gasteiger charge is -2.36. The summed E-state index contributed by atoms with van der Waals surface area (Å²) >= 11 is 2.52. The smallest absolute Gasteiger partial charge is 0.360 e. The van der Waals surface area contributed by atoms with E-state index in [-0.39, 0.29) is 5.69 Å². The normalized spacial score (nSPS) is 12.8. The second-order valence-corrected chi connectivity index (χ2v) is 12.6. The highest BCUT2D eigenvalue weighted by Crippen LogP contribution is 2.40. The van der Waals surface area contributed by atoms with Gasteiger partial charge in [-0.25, -0.2) is 14.6 Å². The van der Waals surface area contributed by atoms with E-state index >= 15 is 0 Å². The number of carbonyl (C=O) groups excluding carboxylic acids is 1. The molecule has 1 unspecified atom stereocenters. The molecule has 0 fully saturated rings. The minimum absolute atomic E-state index is 0.0854. The number of carbonyl (C=O) groups is 2. The zero-order valence-corrected chi connectivity index (χ0v) is 26.0. The van der Waals surface area contributed by atoms with Crippen LogP contribution in [0.2, 0.25) is 0 Å². The molecule has 0 saturated heterocycles. The molecule has 224 valence electrons. The molecule has 0 radical (unpaired) electrons. The van der Waals surface area contributed by atoms with Crippen LogP contribution in [-0.4, -0.2) is 33.3 Å². The molecule has 10 heteroatoms. The van der Waals surface area contributed by atoms with Crippen molar-refractivity contribution in [2.24, 2.45) is 5.16 Å². The standard InChI is InChI=1S/C34H31N3O5S2/c1-33(2,3)41-31(40)29(27-20-13-21-43-27)42-37-28(30(38)39)26-22-44-32(35-26)36-34(23-14-7-4-8-15-23,24-16-9-5-10-17-24)25-18-11-6-12-19-25/h4-22,29H,1-3H3,(H,35,36)(H,38,39)/b37-28-. The van der Waals surface area contributed by atoms with Gasteiger partial charge in [-0.2, -0.15) is 0 Å². The van der Waals surface area contributed by atoms with Gasteiger partial charge in [-0.1, -0.05) is 102 Å². The number of nitrogens with zero attached hydrogens (tertiary/aromatic N) is 2. The van der Waals surface area contributed by atoms with E-state index in [0.29, 0.717) is 10.0 Å². The summed E-state index contributed by atoms with van der Waals surface area (Å²) < 4.78 is 5.51. The van der Waals surface area contributed by atoms with E-state index in [2.05, 4.69) is 15.5 Å². The Hall–Kier alpha value is -4.80. The molecular weight excluding hydrogens is 595 g/mol. The van der Waals surface area contributed by atoms with Gasteiger partial charge in [0.25, 0.3) is 6.10 Å². The lowest BCUT2D eigenvalue weighted by molar-refractivity contribution is -0.169. The molecule has 44 heavy (non-hydrogen) atoms. The van der Waals surface area contributed by atoms with Crippen LogP contribution in [0.5, 0.6) is 0 Å². The highest BCUT2D eigenvalue weighted by Gasteiger charge is 2.37. The topological polar surface area (TPSA) is 110 Å². The van der Waals surface area contributed by atoms with Crippen molar-refractivity contribution < 1.29 is 24.3 Å². The van der Waals surface area contributed by atoms with Crippen LogP contribution in [0.25, 0.3) is 0 Å². The van der Waals surface area contributed by atoms with Crippen molar-refractivity contribution in [2.75, 3.05) is 5.32 Å². The summed E-state index contributed by atoms with van der Waals surface area (Å²) in [5.41, 5.74) is 0.943. The molecule has 0 aliphatic carbocycles. The van der Waals surface area contributed by atoms with E-state index in [0.717, 1.165) is 16.7 Å². The molecule has 0 amide bonds. The van der Waals surface area contributed by atoms with Crippen LogP contribution in [0.4, 0.5) is 5.13 Å². The fourth-order valence-electron chi connectivity index (χ4n) is 4.69. The number of esters is 1. The van der Waals surface area contributed by atoms with Gasteiger partial charge in [0.15, 0.2) is 5.13 Å². The number of carboxylic acid groups (broad SMARTS) is 1. The maximum absolute atomic E-state index is 13.0. The van der Waals surface area contributed by atoms with Gasteiger partial charge in [-0.05, 0) is 48.9 Å². The van der Waals surface area contributed by atoms with E-state index < -0.39 is 34.9 Å². The number of aromatic nitrogens is 1. The first-order chi connectivity index (χ1) is 21.2. The van der Waals surface area contributed by atoms with Crippen LogP contribution in [0, 0.1) is 0 Å². The summed E-state index contributed by atoms with van der Waals surface area (Å²) in [5.74, 6) is -2.02. The van der Waals surface area contributed by atoms with Crippen molar-refractivity contribution in [1.82, 2.24) is 4.98 Å². The molecule has 3 aromatic carbocycles. The lowest BCUT2D eigenvalue weighted by atomic mass is 9.77. The van der Waals surface area contributed by atoms with Gasteiger partial charge in [0.2, 0.25) is 5.71 Å². The Labute approximate surface area is 263 Å². The second kappa shape index (κ2) is 13.2. The van der Waals surface area contributed by atoms with Gasteiger partial charge in [-0.15, -0.1) is 22.7 Å². The zero-order chi connectivity index (χ0) is 31.2. The number of benzene rings is 3. The Balaban J connectivity index is 1.53. The third kappa shape index (κ3) is 6.88. The third-order valence-corrected chi connectivity index (χ3v) is 8.21. The highest BCUT2D eigenvalue weighted by atomic mass is 32.1. The molecule has 2 aromatic heterocycles. The number of thiophene rings is 1. The van der Waals surface area contributed by atoms with E-state index in [4.69, 9.17) is 9.57 Å². The number of aliphatic carboxylic acids is 1. The highest BCUT2D eigenvalue weighted by molar-refractivity contribution is 7.14. The number of thiazole rings is 1. The predicted molar refractivity (Wildman–Crippen MR) is 173 cm³/mol. The Morgan fingerprint density at radius 3 is 1.82 bits per heavy atom. The number of carboxylic acids is 1. The van der Waals surface area contributed by atoms with Crippen LogP contribution in [0.15, 0.2) is 119 Å². The first kappa shape index (κ1) is 30.7. The van der Waals surface area contributed by atoms with Gasteiger partial charge >= 0.3 is 11.9 Å². The Morgan fingerprint density at radius 2 is 1.36 bits per heavy atom. The molecule has 1 atom stereocenters. The van der Waals surface area contributed by atoms with Crippen LogP contribution in [0.1, 0.15) is 54.1 Å². The maximum Gasteiger partial charge on any atom is 0.360 e. The molecule has 5 aromatic rings. The summed E-state index contributed by atoms with van der Waals surface area (Å²) in [6.45, 7) is 5.23. The molecule has 0 saturated carbocycles. The van der Waals surface area contributed by atoms with Gasteiger partial charge in [0.05, 0.1) is 4.88 Å². The molecular formula is C34H31N3O5S2. The Kier molecular flexibility index (Phi) is 9.22. The number of anilines is 1. The molecule has 0 spiro atoms. The number of hydrogen-bond donors (Lipinski definition) is 2. The van der Waals surface area contributed by atoms with Gasteiger partial charge in [-0.3, -0.25) is 0 Å². The predicted octanol–water partition coefficient (Wildman–Crippen LogP) is 7.50. The summed E-state index contributed by atoms with van der Waals surface area (Å²) in [4.78, 5) is 36.1. The number of rotatable bonds is 11. The van der Waals surface area contributed by atoms with Crippen LogP contribution in [-0.2, 0) is 24.7 Å². The molecule has 5 rings (SSSR count). The number of ether oxygens (including phenoxy) is 1. The van der Waals surface area contributed by atoms with Crippen molar-refractivity contribution in [3.8, 4) is 0 Å². The maximum atomic E-state index is 13.0. The van der Waals surface area contributed by atoms with Crippen LogP contribution in [0.3, 0.4) is 0 Å². The number of nitrogens with one attached hydrogen (secondary N) is 1. The molecule has 0 aliphatic rings. The van der Waals surface area contributed by atoms with E-state index in [1.54, 1.807) is 43.7 Å². The van der Waals surface area contributed by atoms with E-state index in [9.17, 15) is 14.7 Å². The molecule has 2 heterocycles. The quantitative estimate of drug-likeness (QED) is 0.0677. The van der Waals surface area contributed by atoms with Crippen molar-refractivity contribution in [3.63, 3.8) is 0 Å². The first-order valence-electron chi connectivity index (χ1n) is 13.8. The number of oxime groups is 1. The lowest BCUT2D eigenvalue weighted by Crippen LogP contribution is -2.38. The minimum Gasteiger partial charge on any atom is -0.476 e. The average molecular weight is 626 g/mol. The molecule has 2 N–H and O–H groups in total. The Bertz CT molecular complexity index is 1620. The third-order valence-electron chi connectivity index (χ3n) is 6.54. The van der Waals surface area contributed by atoms with Crippen molar-refractivity contribution in [3.05, 3.63) is 141 Å². The van der Waals surface area contributed by atoms with Crippen LogP contribution >= 0.6 is 22.7 Å². The molecule has 8 nitrogen and oxygen atoms in total. The Morgan fingerprint density at radius 1 is 0.818 bits per heavy atom. The fraction of sp³-hybridized carbons (Fsp3) is 0.176. The number of hydrogen-bond acceptors (Lipinski definition) is 9. The minimum atomic E-state index is -1.35.